The maximum Gasteiger partial charge on any atom is 0.374 e. The maximum absolute atomic E-state index is 13.0. The molecule has 2 aromatic carbocycles. The average Bonchev–Trinajstić information content (AvgIpc) is 3.03. The van der Waals surface area contributed by atoms with Crippen molar-refractivity contribution in [2.24, 2.45) is 5.10 Å². The number of ether oxygens (including phenoxy) is 1. The van der Waals surface area contributed by atoms with E-state index in [0.29, 0.717) is 11.1 Å². The molecule has 1 aliphatic rings. The lowest BCUT2D eigenvalue weighted by Gasteiger charge is -2.24. The fourth-order valence-corrected chi connectivity index (χ4v) is 3.04. The van der Waals surface area contributed by atoms with E-state index in [1.165, 1.54) is 0 Å². The van der Waals surface area contributed by atoms with Crippen LogP contribution in [0.1, 0.15) is 28.0 Å². The number of carboxylic acids is 1. The van der Waals surface area contributed by atoms with Crippen molar-refractivity contribution in [3.8, 4) is 0 Å². The predicted octanol–water partition coefficient (Wildman–Crippen LogP) is 2.27. The summed E-state index contributed by atoms with van der Waals surface area (Å²) in [6, 6.07) is 13.9. The highest BCUT2D eigenvalue weighted by molar-refractivity contribution is 7.96. The minimum Gasteiger partial charge on any atom is -0.475 e. The van der Waals surface area contributed by atoms with Crippen molar-refractivity contribution in [3.05, 3.63) is 75.8 Å². The number of carboxylic acid groups (broad SMARTS) is 1. The number of fused-ring (bicyclic) bond motifs is 1. The van der Waals surface area contributed by atoms with Crippen molar-refractivity contribution in [1.29, 1.82) is 0 Å². The number of thiol groups is 1. The Kier molecular flexibility index (Phi) is 4.08. The van der Waals surface area contributed by atoms with Crippen molar-refractivity contribution < 1.29 is 14.6 Å². The number of hydrogen-bond donors (Lipinski definition) is 2. The second-order valence-corrected chi connectivity index (χ2v) is 6.34. The van der Waals surface area contributed by atoms with Crippen LogP contribution in [0.3, 0.4) is 0 Å². The lowest BCUT2D eigenvalue weighted by molar-refractivity contribution is 0.0671. The molecule has 1 N–H and O–H groups in total. The molecular formula is C18H14N4O4S. The second kappa shape index (κ2) is 6.44. The summed E-state index contributed by atoms with van der Waals surface area (Å²) in [4.78, 5) is 29.0. The first-order valence-corrected chi connectivity index (χ1v) is 8.46. The van der Waals surface area contributed by atoms with Crippen LogP contribution in [-0.4, -0.2) is 26.0 Å². The molecule has 2 heterocycles. The first kappa shape index (κ1) is 17.1. The van der Waals surface area contributed by atoms with Crippen molar-refractivity contribution in [2.45, 2.75) is 13.2 Å². The quantitative estimate of drug-likeness (QED) is 0.675. The Morgan fingerprint density at radius 1 is 1.19 bits per heavy atom. The van der Waals surface area contributed by atoms with Crippen LogP contribution < -0.4 is 10.7 Å². The van der Waals surface area contributed by atoms with Crippen LogP contribution in [0.4, 0.5) is 0 Å². The number of hydrazone groups is 1. The summed E-state index contributed by atoms with van der Waals surface area (Å²) in [5, 5.41) is 15.1. The van der Waals surface area contributed by atoms with Gasteiger partial charge in [-0.05, 0) is 19.1 Å². The van der Waals surface area contributed by atoms with Crippen LogP contribution in [0.15, 0.2) is 58.4 Å². The summed E-state index contributed by atoms with van der Waals surface area (Å²) < 4.78 is 6.52. The Bertz CT molecular complexity index is 1140. The summed E-state index contributed by atoms with van der Waals surface area (Å²) in [5.41, 5.74) is 1.46. The highest BCUT2D eigenvalue weighted by Crippen LogP contribution is 2.28. The van der Waals surface area contributed by atoms with Crippen LogP contribution >= 0.6 is 12.6 Å². The highest BCUT2D eigenvalue weighted by atomic mass is 32.1. The average molecular weight is 382 g/mol. The molecule has 1 atom stereocenters. The van der Waals surface area contributed by atoms with E-state index in [-0.39, 0.29) is 10.6 Å². The lowest BCUT2D eigenvalue weighted by atomic mass is 10.1. The van der Waals surface area contributed by atoms with Gasteiger partial charge in [-0.25, -0.2) is 9.78 Å². The molecule has 0 saturated carbocycles. The summed E-state index contributed by atoms with van der Waals surface area (Å²) in [7, 11) is 0. The molecule has 0 saturated heterocycles. The van der Waals surface area contributed by atoms with Gasteiger partial charge in [-0.3, -0.25) is 4.79 Å². The standard InChI is InChI=1S/C18H14N4O4S/c1-10-6-8-11(9-7-10)16-22(20-18(27)26-16)21-14(17(24)25)19-13-5-3-2-4-12(13)15(21)23/h2-9,16H,1H3,(H,20,27)(H,24,25). The topological polar surface area (TPSA) is 97.0 Å². The van der Waals surface area contributed by atoms with Gasteiger partial charge in [0.05, 0.1) is 10.9 Å². The normalized spacial score (nSPS) is 16.3. The Hall–Kier alpha value is -3.33. The van der Waals surface area contributed by atoms with Crippen molar-refractivity contribution in [3.63, 3.8) is 0 Å². The van der Waals surface area contributed by atoms with Crippen molar-refractivity contribution >= 4 is 34.7 Å². The summed E-state index contributed by atoms with van der Waals surface area (Å²) in [5.74, 6) is -1.82. The smallest absolute Gasteiger partial charge is 0.374 e. The van der Waals surface area contributed by atoms with Crippen molar-refractivity contribution in [1.82, 2.24) is 9.66 Å². The zero-order chi connectivity index (χ0) is 19.1. The van der Waals surface area contributed by atoms with Crippen LogP contribution in [0.5, 0.6) is 0 Å². The third-order valence-electron chi connectivity index (χ3n) is 4.13. The zero-order valence-corrected chi connectivity index (χ0v) is 15.0. The third kappa shape index (κ3) is 2.91. The molecule has 0 fully saturated rings. The number of aromatic nitrogens is 2. The van der Waals surface area contributed by atoms with Crippen LogP contribution in [0.2, 0.25) is 0 Å². The van der Waals surface area contributed by atoms with Gasteiger partial charge in [0.1, 0.15) is 0 Å². The molecule has 0 radical (unpaired) electrons. The van der Waals surface area contributed by atoms with E-state index in [1.807, 2.05) is 31.2 Å². The number of hydrogen-bond acceptors (Lipinski definition) is 6. The number of aryl methyl sites for hydroxylation is 1. The first-order chi connectivity index (χ1) is 13.0. The molecule has 3 aromatic rings. The zero-order valence-electron chi connectivity index (χ0n) is 14.1. The van der Waals surface area contributed by atoms with Crippen LogP contribution in [0, 0.1) is 6.92 Å². The number of benzene rings is 2. The largest absolute Gasteiger partial charge is 0.475 e. The molecule has 136 valence electrons. The molecule has 4 rings (SSSR count). The molecule has 27 heavy (non-hydrogen) atoms. The number of nitrogens with zero attached hydrogens (tertiary/aromatic N) is 4. The number of carbonyl (C=O) groups is 1. The van der Waals surface area contributed by atoms with Gasteiger partial charge in [0.25, 0.3) is 10.8 Å². The van der Waals surface area contributed by atoms with Gasteiger partial charge in [0, 0.05) is 5.56 Å². The number of rotatable bonds is 3. The second-order valence-electron chi connectivity index (χ2n) is 5.96. The predicted molar refractivity (Wildman–Crippen MR) is 103 cm³/mol. The highest BCUT2D eigenvalue weighted by Gasteiger charge is 2.34. The SMILES string of the molecule is Cc1ccc(C2OC(S)=NN2n2c(C(=O)O)nc3ccccc3c2=O)cc1. The van der Waals surface area contributed by atoms with Crippen molar-refractivity contribution in [2.75, 3.05) is 5.12 Å². The van der Waals surface area contributed by atoms with Gasteiger partial charge < -0.3 is 9.84 Å². The van der Waals surface area contributed by atoms with E-state index in [4.69, 9.17) is 4.74 Å². The fraction of sp³-hybridized carbons (Fsp3) is 0.111. The van der Waals surface area contributed by atoms with Gasteiger partial charge in [-0.1, -0.05) is 54.6 Å². The Morgan fingerprint density at radius 2 is 1.89 bits per heavy atom. The van der Waals surface area contributed by atoms with Gasteiger partial charge in [-0.15, -0.1) is 10.2 Å². The van der Waals surface area contributed by atoms with E-state index >= 15 is 0 Å². The van der Waals surface area contributed by atoms with E-state index in [2.05, 4.69) is 22.7 Å². The van der Waals surface area contributed by atoms with E-state index in [1.54, 1.807) is 24.3 Å². The first-order valence-electron chi connectivity index (χ1n) is 8.01. The van der Waals surface area contributed by atoms with Crippen LogP contribution in [0.25, 0.3) is 10.9 Å². The Balaban J connectivity index is 1.95. The molecule has 0 bridgehead atoms. The van der Waals surface area contributed by atoms with Gasteiger partial charge >= 0.3 is 5.97 Å². The molecular weight excluding hydrogens is 368 g/mol. The van der Waals surface area contributed by atoms with E-state index in [0.717, 1.165) is 15.4 Å². The number of para-hydroxylation sites is 1. The van der Waals surface area contributed by atoms with Gasteiger partial charge in [-0.2, -0.15) is 4.68 Å². The number of aromatic carboxylic acids is 1. The molecule has 0 aliphatic carbocycles. The fourth-order valence-electron chi connectivity index (χ4n) is 2.84. The molecule has 1 aromatic heterocycles. The Labute approximate surface area is 158 Å². The third-order valence-corrected chi connectivity index (χ3v) is 4.32. The lowest BCUT2D eigenvalue weighted by Crippen LogP contribution is -2.43. The molecule has 9 heteroatoms. The summed E-state index contributed by atoms with van der Waals surface area (Å²) in [6.45, 7) is 1.94. The molecule has 1 aliphatic heterocycles. The molecule has 1 unspecified atom stereocenters. The summed E-state index contributed by atoms with van der Waals surface area (Å²) >= 11 is 4.13. The molecule has 8 nitrogen and oxygen atoms in total. The Morgan fingerprint density at radius 3 is 2.59 bits per heavy atom. The minimum atomic E-state index is -1.36. The summed E-state index contributed by atoms with van der Waals surface area (Å²) in [6.07, 6.45) is -0.850. The minimum absolute atomic E-state index is 0.0111. The van der Waals surface area contributed by atoms with Gasteiger partial charge in [0.15, 0.2) is 0 Å². The van der Waals surface area contributed by atoms with E-state index in [9.17, 15) is 14.7 Å². The van der Waals surface area contributed by atoms with Crippen LogP contribution in [-0.2, 0) is 4.74 Å². The molecule has 0 amide bonds. The monoisotopic (exact) mass is 382 g/mol. The van der Waals surface area contributed by atoms with E-state index < -0.39 is 23.6 Å². The molecule has 0 spiro atoms. The van der Waals surface area contributed by atoms with Gasteiger partial charge in [0.2, 0.25) is 12.1 Å². The maximum atomic E-state index is 13.0.